The van der Waals surface area contributed by atoms with Gasteiger partial charge in [0.1, 0.15) is 18.4 Å². The molecule has 25 heavy (non-hydrogen) atoms. The van der Waals surface area contributed by atoms with E-state index in [0.29, 0.717) is 5.82 Å². The molecule has 8 nitrogen and oxygen atoms in total. The van der Waals surface area contributed by atoms with E-state index in [1.165, 1.54) is 30.1 Å². The summed E-state index contributed by atoms with van der Waals surface area (Å²) in [6.45, 7) is 2.85. The van der Waals surface area contributed by atoms with Crippen molar-refractivity contribution in [3.63, 3.8) is 0 Å². The van der Waals surface area contributed by atoms with E-state index in [1.807, 2.05) is 0 Å². The maximum atomic E-state index is 13.4. The van der Waals surface area contributed by atoms with Gasteiger partial charge in [0.15, 0.2) is 5.82 Å². The molecule has 136 valence electrons. The Bertz CT molecular complexity index is 868. The second-order valence-corrected chi connectivity index (χ2v) is 7.52. The summed E-state index contributed by atoms with van der Waals surface area (Å²) in [5.41, 5.74) is 0.0746. The Morgan fingerprint density at radius 2 is 2.08 bits per heavy atom. The van der Waals surface area contributed by atoms with Crippen molar-refractivity contribution in [1.82, 2.24) is 15.0 Å². The lowest BCUT2D eigenvalue weighted by Gasteiger charge is -2.27. The number of likely N-dealkylation sites (N-methyl/N-ethyl adjacent to an activating group) is 1. The normalized spacial score (nSPS) is 12.7. The summed E-state index contributed by atoms with van der Waals surface area (Å²) >= 11 is 0. The summed E-state index contributed by atoms with van der Waals surface area (Å²) < 4.78 is 43.4. The van der Waals surface area contributed by atoms with Gasteiger partial charge in [-0.1, -0.05) is 11.2 Å². The minimum atomic E-state index is -3.78. The molecule has 2 aromatic rings. The van der Waals surface area contributed by atoms with Gasteiger partial charge in [0, 0.05) is 7.05 Å². The molecule has 10 heteroatoms. The van der Waals surface area contributed by atoms with Crippen LogP contribution in [0.25, 0.3) is 0 Å². The van der Waals surface area contributed by atoms with Crippen molar-refractivity contribution >= 4 is 21.6 Å². The fourth-order valence-corrected chi connectivity index (χ4v) is 2.97. The molecule has 0 aliphatic rings. The van der Waals surface area contributed by atoms with Gasteiger partial charge in [0.2, 0.25) is 21.8 Å². The van der Waals surface area contributed by atoms with E-state index >= 15 is 0 Å². The van der Waals surface area contributed by atoms with Gasteiger partial charge in [-0.3, -0.25) is 9.10 Å². The Morgan fingerprint density at radius 3 is 2.60 bits per heavy atom. The topological polar surface area (TPSA) is 96.6 Å². The molecule has 0 saturated carbocycles. The number of anilines is 1. The molecule has 0 aliphatic heterocycles. The molecule has 1 atom stereocenters. The Balaban J connectivity index is 2.22. The van der Waals surface area contributed by atoms with Gasteiger partial charge < -0.3 is 9.42 Å². The highest BCUT2D eigenvalue weighted by Gasteiger charge is 2.27. The summed E-state index contributed by atoms with van der Waals surface area (Å²) in [5, 5.41) is 3.66. The van der Waals surface area contributed by atoms with Crippen molar-refractivity contribution in [2.75, 3.05) is 24.2 Å². The Labute approximate surface area is 145 Å². The first-order valence-corrected chi connectivity index (χ1v) is 9.23. The average Bonchev–Trinajstić information content (AvgIpc) is 2.96. The van der Waals surface area contributed by atoms with Crippen molar-refractivity contribution in [1.29, 1.82) is 0 Å². The summed E-state index contributed by atoms with van der Waals surface area (Å²) in [4.78, 5) is 17.9. The minimum absolute atomic E-state index is 0.0746. The number of halogens is 1. The number of sulfonamides is 1. The van der Waals surface area contributed by atoms with Crippen molar-refractivity contribution < 1.29 is 22.1 Å². The van der Waals surface area contributed by atoms with Crippen LogP contribution in [0, 0.1) is 12.7 Å². The molecule has 0 spiro atoms. The van der Waals surface area contributed by atoms with Crippen LogP contribution >= 0.6 is 0 Å². The zero-order valence-electron chi connectivity index (χ0n) is 14.3. The van der Waals surface area contributed by atoms with Gasteiger partial charge >= 0.3 is 0 Å². The monoisotopic (exact) mass is 370 g/mol. The predicted octanol–water partition coefficient (Wildman–Crippen LogP) is 1.50. The molecule has 0 saturated heterocycles. The van der Waals surface area contributed by atoms with E-state index in [9.17, 15) is 17.6 Å². The number of hydrogen-bond acceptors (Lipinski definition) is 6. The van der Waals surface area contributed by atoms with Gasteiger partial charge in [0.05, 0.1) is 11.9 Å². The molecule has 1 aromatic heterocycles. The third-order valence-corrected chi connectivity index (χ3v) is 4.79. The first kappa shape index (κ1) is 18.8. The van der Waals surface area contributed by atoms with Crippen LogP contribution in [0.2, 0.25) is 0 Å². The first-order valence-electron chi connectivity index (χ1n) is 7.38. The fourth-order valence-electron chi connectivity index (χ4n) is 2.13. The summed E-state index contributed by atoms with van der Waals surface area (Å²) in [7, 11) is -2.28. The SMILES string of the molecule is Cc1noc([C@@H](C)N(C)C(=O)CN(c2cccc(F)c2)S(C)(=O)=O)n1. The molecule has 1 amide bonds. The Hall–Kier alpha value is -2.49. The Morgan fingerprint density at radius 1 is 1.40 bits per heavy atom. The molecule has 0 fully saturated rings. The predicted molar refractivity (Wildman–Crippen MR) is 88.8 cm³/mol. The number of rotatable bonds is 6. The molecular formula is C15H19FN4O4S. The number of nitrogens with zero attached hydrogens (tertiary/aromatic N) is 4. The highest BCUT2D eigenvalue weighted by Crippen LogP contribution is 2.21. The van der Waals surface area contributed by atoms with Gasteiger partial charge in [0.25, 0.3) is 0 Å². The van der Waals surface area contributed by atoms with Crippen LogP contribution < -0.4 is 4.31 Å². The lowest BCUT2D eigenvalue weighted by molar-refractivity contribution is -0.130. The van der Waals surface area contributed by atoms with Crippen LogP contribution in [0.15, 0.2) is 28.8 Å². The van der Waals surface area contributed by atoms with Gasteiger partial charge in [-0.15, -0.1) is 0 Å². The smallest absolute Gasteiger partial charge is 0.249 e. The van der Waals surface area contributed by atoms with E-state index in [0.717, 1.165) is 16.6 Å². The third-order valence-electron chi connectivity index (χ3n) is 3.65. The summed E-state index contributed by atoms with van der Waals surface area (Å²) in [6.07, 6.45) is 0.954. The molecule has 0 unspecified atom stereocenters. The fraction of sp³-hybridized carbons (Fsp3) is 0.400. The van der Waals surface area contributed by atoms with Crippen LogP contribution in [0.3, 0.4) is 0 Å². The van der Waals surface area contributed by atoms with Crippen LogP contribution in [0.4, 0.5) is 10.1 Å². The number of aromatic nitrogens is 2. The number of benzene rings is 1. The van der Waals surface area contributed by atoms with E-state index in [4.69, 9.17) is 4.52 Å². The Kier molecular flexibility index (Phi) is 5.41. The number of carbonyl (C=O) groups is 1. The minimum Gasteiger partial charge on any atom is -0.337 e. The average molecular weight is 370 g/mol. The maximum absolute atomic E-state index is 13.4. The highest BCUT2D eigenvalue weighted by atomic mass is 32.2. The first-order chi connectivity index (χ1) is 11.6. The van der Waals surface area contributed by atoms with E-state index < -0.39 is 34.3 Å². The van der Waals surface area contributed by atoms with Crippen LogP contribution in [0.5, 0.6) is 0 Å². The molecule has 0 radical (unpaired) electrons. The molecular weight excluding hydrogens is 351 g/mol. The second-order valence-electron chi connectivity index (χ2n) is 5.61. The summed E-state index contributed by atoms with van der Waals surface area (Å²) in [6, 6.07) is 4.50. The van der Waals surface area contributed by atoms with Crippen LogP contribution in [-0.4, -0.2) is 49.2 Å². The van der Waals surface area contributed by atoms with Crippen molar-refractivity contribution in [2.24, 2.45) is 0 Å². The van der Waals surface area contributed by atoms with E-state index in [1.54, 1.807) is 13.8 Å². The number of hydrogen-bond donors (Lipinski definition) is 0. The highest BCUT2D eigenvalue weighted by molar-refractivity contribution is 7.92. The zero-order valence-corrected chi connectivity index (χ0v) is 15.1. The number of carbonyl (C=O) groups excluding carboxylic acids is 1. The lowest BCUT2D eigenvalue weighted by atomic mass is 10.2. The van der Waals surface area contributed by atoms with Crippen molar-refractivity contribution in [3.8, 4) is 0 Å². The van der Waals surface area contributed by atoms with Crippen molar-refractivity contribution in [2.45, 2.75) is 19.9 Å². The van der Waals surface area contributed by atoms with Gasteiger partial charge in [-0.2, -0.15) is 4.98 Å². The molecule has 0 N–H and O–H groups in total. The van der Waals surface area contributed by atoms with Crippen LogP contribution in [-0.2, 0) is 14.8 Å². The van der Waals surface area contributed by atoms with E-state index in [-0.39, 0.29) is 11.6 Å². The third kappa shape index (κ3) is 4.53. The quantitative estimate of drug-likeness (QED) is 0.764. The van der Waals surface area contributed by atoms with E-state index in [2.05, 4.69) is 10.1 Å². The lowest BCUT2D eigenvalue weighted by Crippen LogP contribution is -2.42. The standard InChI is InChI=1S/C15H19FN4O4S/c1-10(15-17-11(2)18-24-15)19(3)14(21)9-20(25(4,22)23)13-7-5-6-12(16)8-13/h5-8,10H,9H2,1-4H3/t10-/m1/s1. The maximum Gasteiger partial charge on any atom is 0.249 e. The van der Waals surface area contributed by atoms with Crippen LogP contribution in [0.1, 0.15) is 24.7 Å². The summed E-state index contributed by atoms with van der Waals surface area (Å²) in [5.74, 6) is -0.426. The van der Waals surface area contributed by atoms with Gasteiger partial charge in [-0.25, -0.2) is 12.8 Å². The molecule has 1 heterocycles. The van der Waals surface area contributed by atoms with Gasteiger partial charge in [-0.05, 0) is 32.0 Å². The zero-order chi connectivity index (χ0) is 18.8. The molecule has 1 aromatic carbocycles. The molecule has 0 bridgehead atoms. The largest absolute Gasteiger partial charge is 0.337 e. The van der Waals surface area contributed by atoms with Crippen molar-refractivity contribution in [3.05, 3.63) is 41.8 Å². The second kappa shape index (κ2) is 7.18. The molecule has 2 rings (SSSR count). The number of amides is 1. The number of aryl methyl sites for hydroxylation is 1. The molecule has 0 aliphatic carbocycles.